The molecule has 0 radical (unpaired) electrons. The monoisotopic (exact) mass is 508 g/mol. The molecule has 0 aliphatic carbocycles. The highest BCUT2D eigenvalue weighted by molar-refractivity contribution is 5.98. The Bertz CT molecular complexity index is 1040. The highest BCUT2D eigenvalue weighted by Crippen LogP contribution is 2.28. The van der Waals surface area contributed by atoms with Gasteiger partial charge in [-0.3, -0.25) is 14.5 Å². The standard InChI is InChI=1S/C29H40N4O4/c1-22-8-10-23(11-9-22)20-32(16-17-36-2)25-19-27(29(35)31-14-5-12-30-13-15-31)33(21-25)28(34)24-6-4-7-26(18-24)37-3/h4,6-11,18,25,27,30H,5,12-17,19-21H2,1-3H3. The molecule has 8 nitrogen and oxygen atoms in total. The molecular weight excluding hydrogens is 468 g/mol. The topological polar surface area (TPSA) is 74.4 Å². The van der Waals surface area contributed by atoms with Crippen molar-refractivity contribution in [1.29, 1.82) is 0 Å². The molecule has 0 saturated carbocycles. The number of nitrogens with one attached hydrogen (secondary N) is 1. The number of nitrogens with zero attached hydrogens (tertiary/aromatic N) is 3. The van der Waals surface area contributed by atoms with Crippen LogP contribution in [0.4, 0.5) is 0 Å². The van der Waals surface area contributed by atoms with E-state index in [0.29, 0.717) is 44.0 Å². The van der Waals surface area contributed by atoms with Gasteiger partial charge in [0, 0.05) is 58.0 Å². The minimum atomic E-state index is -0.495. The van der Waals surface area contributed by atoms with Crippen LogP contribution in [0.5, 0.6) is 5.75 Å². The van der Waals surface area contributed by atoms with E-state index in [1.54, 1.807) is 31.3 Å². The normalized spacial score (nSPS) is 20.2. The molecule has 2 aromatic carbocycles. The summed E-state index contributed by atoms with van der Waals surface area (Å²) >= 11 is 0. The molecule has 1 N–H and O–H groups in total. The lowest BCUT2D eigenvalue weighted by Gasteiger charge is -2.29. The zero-order valence-corrected chi connectivity index (χ0v) is 22.3. The number of benzene rings is 2. The Morgan fingerprint density at radius 1 is 1.08 bits per heavy atom. The smallest absolute Gasteiger partial charge is 0.254 e. The van der Waals surface area contributed by atoms with Crippen LogP contribution in [0.1, 0.15) is 34.3 Å². The first-order valence-electron chi connectivity index (χ1n) is 13.2. The fourth-order valence-corrected chi connectivity index (χ4v) is 5.26. The van der Waals surface area contributed by atoms with Crippen LogP contribution >= 0.6 is 0 Å². The summed E-state index contributed by atoms with van der Waals surface area (Å²) in [5, 5.41) is 3.37. The molecule has 2 heterocycles. The van der Waals surface area contributed by atoms with Crippen LogP contribution in [-0.2, 0) is 16.1 Å². The van der Waals surface area contributed by atoms with Crippen LogP contribution in [0.25, 0.3) is 0 Å². The Kier molecular flexibility index (Phi) is 9.55. The van der Waals surface area contributed by atoms with Gasteiger partial charge in [-0.1, -0.05) is 35.9 Å². The molecule has 200 valence electrons. The van der Waals surface area contributed by atoms with Gasteiger partial charge in [0.15, 0.2) is 0 Å². The summed E-state index contributed by atoms with van der Waals surface area (Å²) in [5.41, 5.74) is 2.97. The molecule has 0 spiro atoms. The Labute approximate surface area is 220 Å². The quantitative estimate of drug-likeness (QED) is 0.561. The molecule has 37 heavy (non-hydrogen) atoms. The third-order valence-electron chi connectivity index (χ3n) is 7.40. The molecule has 2 amide bonds. The molecule has 0 bridgehead atoms. The first-order chi connectivity index (χ1) is 18.0. The van der Waals surface area contributed by atoms with Crippen molar-refractivity contribution in [2.75, 3.05) is 60.1 Å². The van der Waals surface area contributed by atoms with Gasteiger partial charge in [0.05, 0.1) is 13.7 Å². The summed E-state index contributed by atoms with van der Waals surface area (Å²) in [6, 6.07) is 15.3. The van der Waals surface area contributed by atoms with Crippen molar-refractivity contribution in [3.05, 3.63) is 65.2 Å². The molecule has 2 aliphatic rings. The van der Waals surface area contributed by atoms with E-state index in [1.165, 1.54) is 11.1 Å². The SMILES string of the molecule is COCCN(Cc1ccc(C)cc1)C1CC(C(=O)N2CCCNCC2)N(C(=O)c2cccc(OC)c2)C1. The van der Waals surface area contributed by atoms with Crippen LogP contribution in [0.3, 0.4) is 0 Å². The zero-order valence-electron chi connectivity index (χ0n) is 22.3. The first-order valence-corrected chi connectivity index (χ1v) is 13.2. The minimum Gasteiger partial charge on any atom is -0.497 e. The van der Waals surface area contributed by atoms with Crippen molar-refractivity contribution < 1.29 is 19.1 Å². The number of carbonyl (C=O) groups is 2. The Balaban J connectivity index is 1.60. The molecule has 8 heteroatoms. The lowest BCUT2D eigenvalue weighted by Crippen LogP contribution is -2.48. The lowest BCUT2D eigenvalue weighted by molar-refractivity contribution is -0.135. The van der Waals surface area contributed by atoms with Crippen molar-refractivity contribution >= 4 is 11.8 Å². The molecule has 2 aliphatic heterocycles. The summed E-state index contributed by atoms with van der Waals surface area (Å²) in [6.45, 7) is 7.69. The number of likely N-dealkylation sites (tertiary alicyclic amines) is 1. The van der Waals surface area contributed by atoms with Gasteiger partial charge in [-0.2, -0.15) is 0 Å². The van der Waals surface area contributed by atoms with E-state index >= 15 is 0 Å². The maximum Gasteiger partial charge on any atom is 0.254 e. The van der Waals surface area contributed by atoms with Crippen molar-refractivity contribution in [3.63, 3.8) is 0 Å². The molecule has 4 rings (SSSR count). The second-order valence-electron chi connectivity index (χ2n) is 9.97. The van der Waals surface area contributed by atoms with Crippen molar-refractivity contribution in [2.24, 2.45) is 0 Å². The minimum absolute atomic E-state index is 0.0458. The number of rotatable bonds is 9. The lowest BCUT2D eigenvalue weighted by atomic mass is 10.1. The maximum atomic E-state index is 13.8. The highest BCUT2D eigenvalue weighted by atomic mass is 16.5. The number of aryl methyl sites for hydroxylation is 1. The van der Waals surface area contributed by atoms with Crippen LogP contribution in [0, 0.1) is 6.92 Å². The van der Waals surface area contributed by atoms with Crippen LogP contribution in [0.15, 0.2) is 48.5 Å². The molecule has 0 aromatic heterocycles. The van der Waals surface area contributed by atoms with E-state index in [-0.39, 0.29) is 17.9 Å². The number of hydrogen-bond acceptors (Lipinski definition) is 6. The number of hydrogen-bond donors (Lipinski definition) is 1. The van der Waals surface area contributed by atoms with Crippen LogP contribution in [0.2, 0.25) is 0 Å². The highest BCUT2D eigenvalue weighted by Gasteiger charge is 2.43. The summed E-state index contributed by atoms with van der Waals surface area (Å²) in [4.78, 5) is 33.7. The number of carbonyl (C=O) groups excluding carboxylic acids is 2. The van der Waals surface area contributed by atoms with Gasteiger partial charge in [0.25, 0.3) is 5.91 Å². The molecule has 2 saturated heterocycles. The zero-order chi connectivity index (χ0) is 26.2. The largest absolute Gasteiger partial charge is 0.497 e. The van der Waals surface area contributed by atoms with E-state index in [0.717, 1.165) is 32.6 Å². The summed E-state index contributed by atoms with van der Waals surface area (Å²) in [5.74, 6) is 0.545. The van der Waals surface area contributed by atoms with Gasteiger partial charge in [0.2, 0.25) is 5.91 Å². The molecule has 2 aromatic rings. The van der Waals surface area contributed by atoms with Gasteiger partial charge in [-0.25, -0.2) is 0 Å². The summed E-state index contributed by atoms with van der Waals surface area (Å²) < 4.78 is 10.8. The average molecular weight is 509 g/mol. The van der Waals surface area contributed by atoms with Crippen molar-refractivity contribution in [3.8, 4) is 5.75 Å². The second-order valence-corrected chi connectivity index (χ2v) is 9.97. The maximum absolute atomic E-state index is 13.8. The third-order valence-corrected chi connectivity index (χ3v) is 7.40. The van der Waals surface area contributed by atoms with Crippen molar-refractivity contribution in [2.45, 2.75) is 38.4 Å². The fraction of sp³-hybridized carbons (Fsp3) is 0.517. The van der Waals surface area contributed by atoms with Crippen LogP contribution < -0.4 is 10.1 Å². The Morgan fingerprint density at radius 2 is 1.89 bits per heavy atom. The second kappa shape index (κ2) is 13.0. The molecular formula is C29H40N4O4. The summed E-state index contributed by atoms with van der Waals surface area (Å²) in [6.07, 6.45) is 1.52. The van der Waals surface area contributed by atoms with E-state index in [2.05, 4.69) is 41.4 Å². The molecule has 2 unspecified atom stereocenters. The van der Waals surface area contributed by atoms with Gasteiger partial charge >= 0.3 is 0 Å². The van der Waals surface area contributed by atoms with Crippen LogP contribution in [-0.4, -0.2) is 98.7 Å². The van der Waals surface area contributed by atoms with Gasteiger partial charge < -0.3 is 24.6 Å². The van der Waals surface area contributed by atoms with E-state index in [4.69, 9.17) is 9.47 Å². The van der Waals surface area contributed by atoms with Gasteiger partial charge in [-0.05, 0) is 50.1 Å². The molecule has 2 atom stereocenters. The Morgan fingerprint density at radius 3 is 2.65 bits per heavy atom. The van der Waals surface area contributed by atoms with E-state index < -0.39 is 6.04 Å². The molecule has 2 fully saturated rings. The van der Waals surface area contributed by atoms with E-state index in [1.807, 2.05) is 17.0 Å². The summed E-state index contributed by atoms with van der Waals surface area (Å²) in [7, 11) is 3.30. The van der Waals surface area contributed by atoms with Gasteiger partial charge in [-0.15, -0.1) is 0 Å². The number of amides is 2. The predicted octanol–water partition coefficient (Wildman–Crippen LogP) is 2.56. The Hall–Kier alpha value is -2.94. The fourth-order valence-electron chi connectivity index (χ4n) is 5.26. The third kappa shape index (κ3) is 6.89. The average Bonchev–Trinajstić information content (AvgIpc) is 3.18. The number of methoxy groups -OCH3 is 2. The van der Waals surface area contributed by atoms with Gasteiger partial charge in [0.1, 0.15) is 11.8 Å². The number of ether oxygens (including phenoxy) is 2. The van der Waals surface area contributed by atoms with Crippen molar-refractivity contribution in [1.82, 2.24) is 20.0 Å². The predicted molar refractivity (Wildman–Crippen MR) is 144 cm³/mol. The van der Waals surface area contributed by atoms with E-state index in [9.17, 15) is 9.59 Å². The first kappa shape index (κ1) is 27.1.